The molecule has 0 saturated heterocycles. The summed E-state index contributed by atoms with van der Waals surface area (Å²) in [4.78, 5) is 0. The number of benzene rings is 1. The highest BCUT2D eigenvalue weighted by Crippen LogP contribution is 2.41. The van der Waals surface area contributed by atoms with Crippen molar-refractivity contribution < 1.29 is 8.83 Å². The smallest absolute Gasteiger partial charge is 0.138 e. The van der Waals surface area contributed by atoms with E-state index < -0.39 is 0 Å². The predicted octanol–water partition coefficient (Wildman–Crippen LogP) is 5.25. The summed E-state index contributed by atoms with van der Waals surface area (Å²) in [6.07, 6.45) is 9.66. The number of fused-ring (bicyclic) bond motifs is 6. The molecule has 2 nitrogen and oxygen atoms in total. The molecule has 0 fully saturated rings. The monoisotopic (exact) mass is 280 g/mol. The lowest BCUT2D eigenvalue weighted by Gasteiger charge is -2.11. The molecule has 0 unspecified atom stereocenters. The van der Waals surface area contributed by atoms with Crippen molar-refractivity contribution in [2.45, 2.75) is 58.3 Å². The summed E-state index contributed by atoms with van der Waals surface area (Å²) in [5.74, 6) is 2.45. The van der Waals surface area contributed by atoms with Crippen molar-refractivity contribution in [3.05, 3.63) is 34.3 Å². The van der Waals surface area contributed by atoms with Crippen LogP contribution in [0.3, 0.4) is 0 Å². The first-order valence-corrected chi connectivity index (χ1v) is 8.31. The maximum Gasteiger partial charge on any atom is 0.138 e. The van der Waals surface area contributed by atoms with E-state index in [-0.39, 0.29) is 0 Å². The molecule has 0 atom stereocenters. The van der Waals surface area contributed by atoms with Crippen molar-refractivity contribution >= 4 is 21.9 Å². The minimum Gasteiger partial charge on any atom is -0.461 e. The molecule has 0 N–H and O–H groups in total. The molecule has 2 heterocycles. The Hall–Kier alpha value is -1.70. The van der Waals surface area contributed by atoms with Crippen molar-refractivity contribution in [2.75, 3.05) is 0 Å². The van der Waals surface area contributed by atoms with E-state index in [0.717, 1.165) is 24.0 Å². The van der Waals surface area contributed by atoms with E-state index in [1.807, 2.05) is 0 Å². The summed E-state index contributed by atoms with van der Waals surface area (Å²) >= 11 is 0. The fourth-order valence-corrected chi connectivity index (χ4v) is 4.44. The van der Waals surface area contributed by atoms with Crippen LogP contribution in [0.4, 0.5) is 0 Å². The van der Waals surface area contributed by atoms with Crippen molar-refractivity contribution in [1.29, 1.82) is 0 Å². The van der Waals surface area contributed by atoms with Crippen LogP contribution in [0.1, 0.15) is 53.9 Å². The molecule has 2 aromatic heterocycles. The first-order chi connectivity index (χ1) is 10.3. The molecule has 0 aliphatic heterocycles. The average Bonchev–Trinajstić information content (AvgIpc) is 3.04. The van der Waals surface area contributed by atoms with Gasteiger partial charge in [0.25, 0.3) is 0 Å². The largest absolute Gasteiger partial charge is 0.461 e. The number of furan rings is 2. The molecule has 0 radical (unpaired) electrons. The van der Waals surface area contributed by atoms with Crippen LogP contribution in [0.15, 0.2) is 14.9 Å². The number of rotatable bonds is 0. The highest BCUT2D eigenvalue weighted by Gasteiger charge is 2.25. The molecule has 0 saturated carbocycles. The summed E-state index contributed by atoms with van der Waals surface area (Å²) in [5, 5.41) is 2.76. The zero-order valence-corrected chi connectivity index (χ0v) is 12.6. The molecular formula is C19H20O2. The second-order valence-corrected chi connectivity index (χ2v) is 6.67. The highest BCUT2D eigenvalue weighted by molar-refractivity contribution is 6.01. The molecule has 2 aliphatic rings. The van der Waals surface area contributed by atoms with Gasteiger partial charge in [0.1, 0.15) is 22.7 Å². The molecule has 108 valence electrons. The topological polar surface area (TPSA) is 26.3 Å². The van der Waals surface area contributed by atoms with Crippen LogP contribution in [-0.4, -0.2) is 0 Å². The van der Waals surface area contributed by atoms with Gasteiger partial charge >= 0.3 is 0 Å². The molecule has 3 aromatic rings. The molecule has 21 heavy (non-hydrogen) atoms. The van der Waals surface area contributed by atoms with Crippen molar-refractivity contribution in [3.8, 4) is 0 Å². The van der Waals surface area contributed by atoms with Gasteiger partial charge in [0, 0.05) is 40.8 Å². The number of hydrogen-bond acceptors (Lipinski definition) is 2. The normalized spacial score (nSPS) is 18.1. The van der Waals surface area contributed by atoms with Crippen LogP contribution in [0.2, 0.25) is 0 Å². The van der Waals surface area contributed by atoms with Crippen LogP contribution in [0, 0.1) is 6.92 Å². The van der Waals surface area contributed by atoms with Gasteiger partial charge in [0.15, 0.2) is 0 Å². The van der Waals surface area contributed by atoms with Gasteiger partial charge < -0.3 is 8.83 Å². The zero-order chi connectivity index (χ0) is 14.0. The molecule has 0 bridgehead atoms. The number of hydrogen-bond donors (Lipinski definition) is 0. The third-order valence-electron chi connectivity index (χ3n) is 5.41. The van der Waals surface area contributed by atoms with Gasteiger partial charge in [-0.25, -0.2) is 0 Å². The highest BCUT2D eigenvalue weighted by atomic mass is 16.3. The molecule has 0 spiro atoms. The van der Waals surface area contributed by atoms with Gasteiger partial charge in [0.2, 0.25) is 0 Å². The molecule has 1 aromatic carbocycles. The first-order valence-electron chi connectivity index (χ1n) is 8.31. The molecule has 2 aliphatic carbocycles. The van der Waals surface area contributed by atoms with Gasteiger partial charge in [-0.2, -0.15) is 0 Å². The SMILES string of the molecule is Cc1c2c3c(oc2cc2oc4c(c12)CCCC4)CCCC3. The third kappa shape index (κ3) is 1.53. The maximum atomic E-state index is 6.15. The average molecular weight is 280 g/mol. The first kappa shape index (κ1) is 11.9. The van der Waals surface area contributed by atoms with Gasteiger partial charge in [-0.15, -0.1) is 0 Å². The fourth-order valence-electron chi connectivity index (χ4n) is 4.44. The Morgan fingerprint density at radius 2 is 1.19 bits per heavy atom. The molecular weight excluding hydrogens is 260 g/mol. The van der Waals surface area contributed by atoms with Gasteiger partial charge in [-0.05, 0) is 51.0 Å². The Labute approximate surface area is 124 Å². The van der Waals surface area contributed by atoms with Crippen LogP contribution < -0.4 is 0 Å². The zero-order valence-electron chi connectivity index (χ0n) is 12.6. The fraction of sp³-hybridized carbons (Fsp3) is 0.474. The second-order valence-electron chi connectivity index (χ2n) is 6.67. The summed E-state index contributed by atoms with van der Waals surface area (Å²) in [6, 6.07) is 2.15. The maximum absolute atomic E-state index is 6.15. The van der Waals surface area contributed by atoms with Gasteiger partial charge in [0.05, 0.1) is 0 Å². The predicted molar refractivity (Wildman–Crippen MR) is 84.0 cm³/mol. The summed E-state index contributed by atoms with van der Waals surface area (Å²) in [7, 11) is 0. The van der Waals surface area contributed by atoms with E-state index >= 15 is 0 Å². The standard InChI is InChI=1S/C19H20O2/c1-11-18-12-6-2-4-8-14(12)20-16(18)10-17-19(11)13-7-3-5-9-15(13)21-17/h10H,2-9H2,1H3. The Bertz CT molecular complexity index is 794. The van der Waals surface area contributed by atoms with E-state index in [0.29, 0.717) is 0 Å². The summed E-state index contributed by atoms with van der Waals surface area (Å²) in [5.41, 5.74) is 6.42. The van der Waals surface area contributed by atoms with E-state index in [1.165, 1.54) is 77.5 Å². The van der Waals surface area contributed by atoms with Crippen LogP contribution in [0.25, 0.3) is 21.9 Å². The van der Waals surface area contributed by atoms with Crippen molar-refractivity contribution in [3.63, 3.8) is 0 Å². The second kappa shape index (κ2) is 4.16. The van der Waals surface area contributed by atoms with Gasteiger partial charge in [-0.1, -0.05) is 0 Å². The van der Waals surface area contributed by atoms with E-state index in [2.05, 4.69) is 13.0 Å². The molecule has 5 rings (SSSR count). The Kier molecular flexibility index (Phi) is 2.36. The van der Waals surface area contributed by atoms with Gasteiger partial charge in [-0.3, -0.25) is 0 Å². The lowest BCUT2D eigenvalue weighted by atomic mass is 9.90. The van der Waals surface area contributed by atoms with Crippen LogP contribution >= 0.6 is 0 Å². The van der Waals surface area contributed by atoms with E-state index in [4.69, 9.17) is 8.83 Å². The lowest BCUT2D eigenvalue weighted by Crippen LogP contribution is -2.00. The Balaban J connectivity index is 1.90. The minimum atomic E-state index is 1.04. The van der Waals surface area contributed by atoms with E-state index in [9.17, 15) is 0 Å². The van der Waals surface area contributed by atoms with Crippen molar-refractivity contribution in [1.82, 2.24) is 0 Å². The molecule has 2 heteroatoms. The van der Waals surface area contributed by atoms with E-state index in [1.54, 1.807) is 0 Å². The summed E-state index contributed by atoms with van der Waals surface area (Å²) < 4.78 is 12.3. The minimum absolute atomic E-state index is 1.04. The van der Waals surface area contributed by atoms with Crippen LogP contribution in [-0.2, 0) is 25.7 Å². The quantitative estimate of drug-likeness (QED) is 0.562. The lowest BCUT2D eigenvalue weighted by molar-refractivity contribution is 0.500. The molecule has 0 amide bonds. The van der Waals surface area contributed by atoms with Crippen LogP contribution in [0.5, 0.6) is 0 Å². The third-order valence-corrected chi connectivity index (χ3v) is 5.41. The Morgan fingerprint density at radius 1 is 0.714 bits per heavy atom. The summed E-state index contributed by atoms with van der Waals surface area (Å²) in [6.45, 7) is 2.26. The van der Waals surface area contributed by atoms with Crippen molar-refractivity contribution in [2.24, 2.45) is 0 Å². The number of aryl methyl sites for hydroxylation is 5. The Morgan fingerprint density at radius 3 is 1.71 bits per heavy atom.